The second-order valence-electron chi connectivity index (χ2n) is 5.79. The summed E-state index contributed by atoms with van der Waals surface area (Å²) in [5.74, 6) is -0.259. The third-order valence-corrected chi connectivity index (χ3v) is 3.54. The van der Waals surface area contributed by atoms with E-state index in [4.69, 9.17) is 4.74 Å². The molecule has 0 saturated heterocycles. The van der Waals surface area contributed by atoms with Gasteiger partial charge < -0.3 is 9.64 Å². The van der Waals surface area contributed by atoms with Crippen molar-refractivity contribution in [1.29, 1.82) is 0 Å². The molecule has 0 N–H and O–H groups in total. The van der Waals surface area contributed by atoms with Gasteiger partial charge in [-0.25, -0.2) is 0 Å². The smallest absolute Gasteiger partial charge is 0.325 e. The van der Waals surface area contributed by atoms with Crippen LogP contribution in [-0.2, 0) is 14.3 Å². The zero-order valence-electron chi connectivity index (χ0n) is 14.3. The van der Waals surface area contributed by atoms with Crippen molar-refractivity contribution in [3.63, 3.8) is 0 Å². The van der Waals surface area contributed by atoms with Crippen molar-refractivity contribution in [2.45, 2.75) is 85.1 Å². The first-order valence-corrected chi connectivity index (χ1v) is 8.48. The fourth-order valence-corrected chi connectivity index (χ4v) is 2.28. The van der Waals surface area contributed by atoms with Gasteiger partial charge in [-0.15, -0.1) is 0 Å². The average Bonchev–Trinajstić information content (AvgIpc) is 2.43. The minimum atomic E-state index is -0.320. The van der Waals surface area contributed by atoms with Gasteiger partial charge in [-0.2, -0.15) is 0 Å². The second kappa shape index (κ2) is 12.7. The Kier molecular flexibility index (Phi) is 12.0. The summed E-state index contributed by atoms with van der Waals surface area (Å²) in [7, 11) is 0. The molecule has 0 rings (SSSR count). The lowest BCUT2D eigenvalue weighted by molar-refractivity contribution is -0.150. The fraction of sp³-hybridized carbons (Fsp3) is 0.882. The highest BCUT2D eigenvalue weighted by Crippen LogP contribution is 2.11. The van der Waals surface area contributed by atoms with Crippen molar-refractivity contribution in [3.8, 4) is 0 Å². The van der Waals surface area contributed by atoms with Gasteiger partial charge in [0.2, 0.25) is 5.91 Å². The predicted octanol–water partition coefficient (Wildman–Crippen LogP) is 3.93. The zero-order valence-corrected chi connectivity index (χ0v) is 14.3. The number of amides is 1. The summed E-state index contributed by atoms with van der Waals surface area (Å²) in [5.41, 5.74) is 0. The van der Waals surface area contributed by atoms with Crippen LogP contribution in [0.2, 0.25) is 0 Å². The summed E-state index contributed by atoms with van der Waals surface area (Å²) in [5, 5.41) is 0. The minimum Gasteiger partial charge on any atom is -0.465 e. The molecule has 0 unspecified atom stereocenters. The summed E-state index contributed by atoms with van der Waals surface area (Å²) in [6.45, 7) is 8.28. The number of hydrogen-bond donors (Lipinski definition) is 0. The van der Waals surface area contributed by atoms with Gasteiger partial charge in [-0.1, -0.05) is 45.4 Å². The molecule has 0 aromatic rings. The van der Waals surface area contributed by atoms with Gasteiger partial charge in [0, 0.05) is 12.5 Å². The molecule has 0 aliphatic carbocycles. The number of carbonyl (C=O) groups excluding carboxylic acids is 2. The van der Waals surface area contributed by atoms with E-state index in [-0.39, 0.29) is 24.5 Å². The van der Waals surface area contributed by atoms with Crippen LogP contribution in [0, 0.1) is 0 Å². The lowest BCUT2D eigenvalue weighted by atomic mass is 10.1. The number of carbonyl (C=O) groups is 2. The van der Waals surface area contributed by atoms with E-state index in [2.05, 4.69) is 6.92 Å². The first-order valence-electron chi connectivity index (χ1n) is 8.48. The number of nitrogens with zero attached hydrogens (tertiary/aromatic N) is 1. The predicted molar refractivity (Wildman–Crippen MR) is 86.1 cm³/mol. The molecule has 0 aromatic heterocycles. The average molecular weight is 299 g/mol. The molecule has 0 bridgehead atoms. The van der Waals surface area contributed by atoms with Gasteiger partial charge in [-0.3, -0.25) is 9.59 Å². The van der Waals surface area contributed by atoms with Gasteiger partial charge >= 0.3 is 5.97 Å². The Morgan fingerprint density at radius 1 is 0.952 bits per heavy atom. The number of unbranched alkanes of at least 4 members (excludes halogenated alkanes) is 6. The molecule has 0 aliphatic rings. The SMILES string of the molecule is CCCCCCCCCC(=O)N(CC(=O)OCC)C(C)C. The summed E-state index contributed by atoms with van der Waals surface area (Å²) in [4.78, 5) is 25.3. The van der Waals surface area contributed by atoms with Crippen molar-refractivity contribution in [3.05, 3.63) is 0 Å². The maximum atomic E-state index is 12.2. The molecule has 124 valence electrons. The molecule has 4 heteroatoms. The van der Waals surface area contributed by atoms with E-state index >= 15 is 0 Å². The largest absolute Gasteiger partial charge is 0.465 e. The van der Waals surface area contributed by atoms with Crippen LogP contribution in [0.1, 0.15) is 79.1 Å². The van der Waals surface area contributed by atoms with Gasteiger partial charge in [0.25, 0.3) is 0 Å². The molecule has 0 heterocycles. The van der Waals surface area contributed by atoms with Crippen molar-refractivity contribution >= 4 is 11.9 Å². The van der Waals surface area contributed by atoms with E-state index in [9.17, 15) is 9.59 Å². The summed E-state index contributed by atoms with van der Waals surface area (Å²) in [6.07, 6.45) is 8.87. The van der Waals surface area contributed by atoms with Gasteiger partial charge in [0.1, 0.15) is 6.54 Å². The van der Waals surface area contributed by atoms with Crippen molar-refractivity contribution in [2.75, 3.05) is 13.2 Å². The number of esters is 1. The maximum absolute atomic E-state index is 12.2. The molecule has 0 aliphatic heterocycles. The van der Waals surface area contributed by atoms with E-state index in [1.807, 2.05) is 13.8 Å². The maximum Gasteiger partial charge on any atom is 0.325 e. The topological polar surface area (TPSA) is 46.6 Å². The molecule has 0 atom stereocenters. The molecule has 0 fully saturated rings. The molecular formula is C17H33NO3. The van der Waals surface area contributed by atoms with Gasteiger partial charge in [-0.05, 0) is 27.2 Å². The van der Waals surface area contributed by atoms with Crippen molar-refractivity contribution in [2.24, 2.45) is 0 Å². The van der Waals surface area contributed by atoms with Crippen molar-refractivity contribution < 1.29 is 14.3 Å². The fourth-order valence-electron chi connectivity index (χ4n) is 2.28. The van der Waals surface area contributed by atoms with E-state index < -0.39 is 0 Å². The van der Waals surface area contributed by atoms with E-state index in [0.717, 1.165) is 12.8 Å². The molecule has 0 spiro atoms. The quantitative estimate of drug-likeness (QED) is 0.405. The number of hydrogen-bond acceptors (Lipinski definition) is 3. The van der Waals surface area contributed by atoms with Crippen LogP contribution in [0.3, 0.4) is 0 Å². The highest BCUT2D eigenvalue weighted by molar-refractivity contribution is 5.82. The van der Waals surface area contributed by atoms with Crippen LogP contribution in [-0.4, -0.2) is 36.0 Å². The lowest BCUT2D eigenvalue weighted by Gasteiger charge is -2.25. The van der Waals surface area contributed by atoms with Gasteiger partial charge in [0.15, 0.2) is 0 Å². The standard InChI is InChI=1S/C17H33NO3/c1-5-7-8-9-10-11-12-13-16(19)18(15(3)4)14-17(20)21-6-2/h15H,5-14H2,1-4H3. The molecule has 0 radical (unpaired) electrons. The first-order chi connectivity index (χ1) is 10.0. The van der Waals surface area contributed by atoms with Crippen LogP contribution in [0.5, 0.6) is 0 Å². The Morgan fingerprint density at radius 2 is 1.52 bits per heavy atom. The first kappa shape index (κ1) is 19.9. The monoisotopic (exact) mass is 299 g/mol. The molecule has 1 amide bonds. The summed E-state index contributed by atoms with van der Waals surface area (Å²) >= 11 is 0. The summed E-state index contributed by atoms with van der Waals surface area (Å²) in [6, 6.07) is 0.0338. The second-order valence-corrected chi connectivity index (χ2v) is 5.79. The van der Waals surface area contributed by atoms with Crippen LogP contribution in [0.15, 0.2) is 0 Å². The Bertz CT molecular complexity index is 290. The van der Waals surface area contributed by atoms with Crippen LogP contribution in [0.4, 0.5) is 0 Å². The normalized spacial score (nSPS) is 10.7. The van der Waals surface area contributed by atoms with Crippen LogP contribution in [0.25, 0.3) is 0 Å². The molecule has 0 aromatic carbocycles. The number of rotatable bonds is 12. The Balaban J connectivity index is 3.94. The highest BCUT2D eigenvalue weighted by atomic mass is 16.5. The molecular weight excluding hydrogens is 266 g/mol. The number of ether oxygens (including phenoxy) is 1. The molecule has 4 nitrogen and oxygen atoms in total. The Hall–Kier alpha value is -1.06. The Labute approximate surface area is 130 Å². The van der Waals surface area contributed by atoms with Crippen LogP contribution >= 0.6 is 0 Å². The van der Waals surface area contributed by atoms with E-state index in [0.29, 0.717) is 13.0 Å². The van der Waals surface area contributed by atoms with Crippen LogP contribution < -0.4 is 0 Å². The highest BCUT2D eigenvalue weighted by Gasteiger charge is 2.20. The van der Waals surface area contributed by atoms with E-state index in [1.165, 1.54) is 32.1 Å². The molecule has 0 saturated carbocycles. The van der Waals surface area contributed by atoms with Gasteiger partial charge in [0.05, 0.1) is 6.61 Å². The van der Waals surface area contributed by atoms with Crippen molar-refractivity contribution in [1.82, 2.24) is 4.90 Å². The zero-order chi connectivity index (χ0) is 16.1. The van der Waals surface area contributed by atoms with E-state index in [1.54, 1.807) is 11.8 Å². The minimum absolute atomic E-state index is 0.0338. The third kappa shape index (κ3) is 10.3. The Morgan fingerprint density at radius 3 is 2.05 bits per heavy atom. The summed E-state index contributed by atoms with van der Waals surface area (Å²) < 4.78 is 4.92. The lowest BCUT2D eigenvalue weighted by Crippen LogP contribution is -2.41. The molecule has 21 heavy (non-hydrogen) atoms. The third-order valence-electron chi connectivity index (χ3n) is 3.54.